The zero-order valence-electron chi connectivity index (χ0n) is 9.87. The molecule has 1 aromatic rings. The van der Waals surface area contributed by atoms with Crippen LogP contribution in [-0.2, 0) is 4.79 Å². The largest absolute Gasteiger partial charge is 0.481 e. The van der Waals surface area contributed by atoms with Gasteiger partial charge in [0.25, 0.3) is 5.69 Å². The first-order chi connectivity index (χ1) is 8.61. The Morgan fingerprint density at radius 3 is 2.67 bits per heavy atom. The van der Waals surface area contributed by atoms with Crippen LogP contribution in [0.25, 0.3) is 0 Å². The summed E-state index contributed by atoms with van der Waals surface area (Å²) in [5, 5.41) is 19.2. The lowest BCUT2D eigenvalue weighted by atomic mass is 10.2. The number of para-hydroxylation sites is 1. The number of rotatable bonds is 8. The Balaban J connectivity index is 2.31. The van der Waals surface area contributed by atoms with E-state index in [-0.39, 0.29) is 17.0 Å². The van der Waals surface area contributed by atoms with Crippen LogP contribution in [0.1, 0.15) is 25.7 Å². The van der Waals surface area contributed by atoms with Crippen molar-refractivity contribution in [2.45, 2.75) is 30.6 Å². The lowest BCUT2D eigenvalue weighted by molar-refractivity contribution is -0.387. The number of aliphatic carboxylic acids is 1. The first-order valence-electron chi connectivity index (χ1n) is 5.69. The first-order valence-corrected chi connectivity index (χ1v) is 6.68. The van der Waals surface area contributed by atoms with Gasteiger partial charge in [-0.1, -0.05) is 18.6 Å². The van der Waals surface area contributed by atoms with Crippen LogP contribution in [0.5, 0.6) is 0 Å². The molecule has 0 saturated carbocycles. The molecule has 0 amide bonds. The van der Waals surface area contributed by atoms with Crippen molar-refractivity contribution in [2.75, 3.05) is 5.75 Å². The van der Waals surface area contributed by atoms with Crippen molar-refractivity contribution >= 4 is 23.4 Å². The molecular formula is C12H15NO4S. The molecule has 0 saturated heterocycles. The lowest BCUT2D eigenvalue weighted by Gasteiger charge is -2.02. The second-order valence-electron chi connectivity index (χ2n) is 3.78. The average molecular weight is 269 g/mol. The van der Waals surface area contributed by atoms with Crippen molar-refractivity contribution in [2.24, 2.45) is 0 Å². The number of carboxylic acid groups (broad SMARTS) is 1. The molecule has 0 aliphatic rings. The minimum absolute atomic E-state index is 0.132. The van der Waals surface area contributed by atoms with Crippen molar-refractivity contribution < 1.29 is 14.8 Å². The van der Waals surface area contributed by atoms with E-state index in [0.29, 0.717) is 11.3 Å². The predicted octanol–water partition coefficient (Wildman–Crippen LogP) is 3.33. The first kappa shape index (κ1) is 14.5. The normalized spacial score (nSPS) is 10.2. The molecule has 0 atom stereocenters. The van der Waals surface area contributed by atoms with Crippen LogP contribution in [0.15, 0.2) is 29.2 Å². The van der Waals surface area contributed by atoms with Gasteiger partial charge < -0.3 is 5.11 Å². The Hall–Kier alpha value is -1.56. The minimum atomic E-state index is -0.777. The summed E-state index contributed by atoms with van der Waals surface area (Å²) in [5.41, 5.74) is 0.132. The summed E-state index contributed by atoms with van der Waals surface area (Å²) >= 11 is 1.45. The average Bonchev–Trinajstić information content (AvgIpc) is 2.33. The molecule has 0 aliphatic carbocycles. The highest BCUT2D eigenvalue weighted by atomic mass is 32.2. The van der Waals surface area contributed by atoms with E-state index in [4.69, 9.17) is 5.11 Å². The Kier molecular flexibility index (Phi) is 6.21. The summed E-state index contributed by atoms with van der Waals surface area (Å²) in [6.45, 7) is 0. The number of benzene rings is 1. The van der Waals surface area contributed by atoms with E-state index in [1.54, 1.807) is 18.2 Å². The maximum atomic E-state index is 10.8. The molecule has 1 rings (SSSR count). The van der Waals surface area contributed by atoms with Gasteiger partial charge in [0.15, 0.2) is 0 Å². The quantitative estimate of drug-likeness (QED) is 0.339. The van der Waals surface area contributed by atoms with Gasteiger partial charge in [0.1, 0.15) is 0 Å². The SMILES string of the molecule is O=C(O)CCCCCSc1ccccc1[N+](=O)[O-]. The van der Waals surface area contributed by atoms with E-state index < -0.39 is 5.97 Å². The summed E-state index contributed by atoms with van der Waals surface area (Å²) in [7, 11) is 0. The molecule has 1 N–H and O–H groups in total. The van der Waals surface area contributed by atoms with Gasteiger partial charge in [-0.05, 0) is 24.7 Å². The molecule has 0 radical (unpaired) electrons. The number of nitrogens with zero attached hydrogens (tertiary/aromatic N) is 1. The van der Waals surface area contributed by atoms with E-state index in [1.807, 2.05) is 0 Å². The summed E-state index contributed by atoms with van der Waals surface area (Å²) < 4.78 is 0. The zero-order valence-corrected chi connectivity index (χ0v) is 10.7. The third-order valence-electron chi connectivity index (χ3n) is 2.35. The lowest BCUT2D eigenvalue weighted by Crippen LogP contribution is -1.94. The van der Waals surface area contributed by atoms with E-state index in [2.05, 4.69) is 0 Å². The fourth-order valence-corrected chi connectivity index (χ4v) is 2.50. The van der Waals surface area contributed by atoms with Crippen LogP contribution in [0.2, 0.25) is 0 Å². The fraction of sp³-hybridized carbons (Fsp3) is 0.417. The Morgan fingerprint density at radius 2 is 2.00 bits per heavy atom. The van der Waals surface area contributed by atoms with E-state index >= 15 is 0 Å². The van der Waals surface area contributed by atoms with Crippen LogP contribution < -0.4 is 0 Å². The Labute approximate surface area is 109 Å². The van der Waals surface area contributed by atoms with Crippen molar-refractivity contribution in [1.29, 1.82) is 0 Å². The van der Waals surface area contributed by atoms with Crippen molar-refractivity contribution in [3.8, 4) is 0 Å². The molecule has 0 fully saturated rings. The number of nitro benzene ring substituents is 1. The van der Waals surface area contributed by atoms with Gasteiger partial charge in [0.05, 0.1) is 9.82 Å². The summed E-state index contributed by atoms with van der Waals surface area (Å²) in [6, 6.07) is 6.65. The number of hydrogen-bond donors (Lipinski definition) is 1. The number of thioether (sulfide) groups is 1. The second kappa shape index (κ2) is 7.71. The molecule has 18 heavy (non-hydrogen) atoms. The smallest absolute Gasteiger partial charge is 0.303 e. The van der Waals surface area contributed by atoms with Crippen LogP contribution >= 0.6 is 11.8 Å². The molecule has 0 aromatic heterocycles. The molecular weight excluding hydrogens is 254 g/mol. The van der Waals surface area contributed by atoms with Crippen molar-refractivity contribution in [3.05, 3.63) is 34.4 Å². The predicted molar refractivity (Wildman–Crippen MR) is 69.9 cm³/mol. The molecule has 0 bridgehead atoms. The van der Waals surface area contributed by atoms with Gasteiger partial charge in [-0.15, -0.1) is 11.8 Å². The molecule has 0 aliphatic heterocycles. The number of hydrogen-bond acceptors (Lipinski definition) is 4. The maximum absolute atomic E-state index is 10.8. The third kappa shape index (κ3) is 5.18. The molecule has 5 nitrogen and oxygen atoms in total. The second-order valence-corrected chi connectivity index (χ2v) is 4.91. The highest BCUT2D eigenvalue weighted by molar-refractivity contribution is 7.99. The Morgan fingerprint density at radius 1 is 1.28 bits per heavy atom. The molecule has 6 heteroatoms. The molecule has 98 valence electrons. The van der Waals surface area contributed by atoms with Crippen molar-refractivity contribution in [3.63, 3.8) is 0 Å². The zero-order chi connectivity index (χ0) is 13.4. The number of carboxylic acids is 1. The highest BCUT2D eigenvalue weighted by Gasteiger charge is 2.11. The molecule has 1 aromatic carbocycles. The molecule has 0 unspecified atom stereocenters. The fourth-order valence-electron chi connectivity index (χ4n) is 1.47. The number of carbonyl (C=O) groups is 1. The Bertz CT molecular complexity index is 422. The minimum Gasteiger partial charge on any atom is -0.481 e. The molecule has 0 heterocycles. The van der Waals surface area contributed by atoms with Gasteiger partial charge in [-0.2, -0.15) is 0 Å². The monoisotopic (exact) mass is 269 g/mol. The maximum Gasteiger partial charge on any atom is 0.303 e. The van der Waals surface area contributed by atoms with E-state index in [9.17, 15) is 14.9 Å². The van der Waals surface area contributed by atoms with Gasteiger partial charge in [-0.25, -0.2) is 0 Å². The van der Waals surface area contributed by atoms with Gasteiger partial charge in [0.2, 0.25) is 0 Å². The van der Waals surface area contributed by atoms with Gasteiger partial charge in [-0.3, -0.25) is 14.9 Å². The summed E-state index contributed by atoms with van der Waals surface area (Å²) in [4.78, 5) is 21.3. The van der Waals surface area contributed by atoms with Crippen LogP contribution in [-0.4, -0.2) is 21.8 Å². The van der Waals surface area contributed by atoms with Crippen LogP contribution in [0, 0.1) is 10.1 Å². The van der Waals surface area contributed by atoms with Gasteiger partial charge >= 0.3 is 5.97 Å². The van der Waals surface area contributed by atoms with Gasteiger partial charge in [0, 0.05) is 12.5 Å². The topological polar surface area (TPSA) is 80.4 Å². The van der Waals surface area contributed by atoms with E-state index in [1.165, 1.54) is 17.8 Å². The summed E-state index contributed by atoms with van der Waals surface area (Å²) in [5.74, 6) is -0.00820. The molecule has 0 spiro atoms. The van der Waals surface area contributed by atoms with Crippen LogP contribution in [0.3, 0.4) is 0 Å². The third-order valence-corrected chi connectivity index (χ3v) is 3.50. The number of nitro groups is 1. The number of unbranched alkanes of at least 4 members (excludes halogenated alkanes) is 2. The highest BCUT2D eigenvalue weighted by Crippen LogP contribution is 2.29. The van der Waals surface area contributed by atoms with Crippen molar-refractivity contribution in [1.82, 2.24) is 0 Å². The standard InChI is InChI=1S/C12H15NO4S/c14-12(15)8-2-1-5-9-18-11-7-4-3-6-10(11)13(16)17/h3-4,6-7H,1-2,5,8-9H2,(H,14,15). The van der Waals surface area contributed by atoms with Crippen LogP contribution in [0.4, 0.5) is 5.69 Å². The van der Waals surface area contributed by atoms with E-state index in [0.717, 1.165) is 18.6 Å². The summed E-state index contributed by atoms with van der Waals surface area (Å²) in [6.07, 6.45) is 2.55.